The van der Waals surface area contributed by atoms with Crippen LogP contribution in [0.2, 0.25) is 0 Å². The highest BCUT2D eigenvalue weighted by Gasteiger charge is 2.36. The van der Waals surface area contributed by atoms with Crippen molar-refractivity contribution in [2.75, 3.05) is 19.6 Å². The number of hydrogen-bond acceptors (Lipinski definition) is 4. The van der Waals surface area contributed by atoms with Crippen LogP contribution in [0, 0.1) is 11.8 Å². The molecule has 0 aromatic carbocycles. The highest BCUT2D eigenvalue weighted by molar-refractivity contribution is 7.89. The molecule has 0 saturated heterocycles. The summed E-state index contributed by atoms with van der Waals surface area (Å²) in [5, 5.41) is 4.07. The lowest BCUT2D eigenvalue weighted by molar-refractivity contribution is 0.382. The first-order valence-corrected chi connectivity index (χ1v) is 8.76. The molecule has 2 N–H and O–H groups in total. The quantitative estimate of drug-likeness (QED) is 0.764. The van der Waals surface area contributed by atoms with E-state index >= 15 is 0 Å². The van der Waals surface area contributed by atoms with Crippen LogP contribution in [0.1, 0.15) is 25.7 Å². The Hall–Kier alpha value is -0.920. The Bertz CT molecular complexity index is 547. The zero-order valence-electron chi connectivity index (χ0n) is 11.6. The van der Waals surface area contributed by atoms with Crippen molar-refractivity contribution < 1.29 is 8.42 Å². The van der Waals surface area contributed by atoms with Crippen molar-refractivity contribution in [3.63, 3.8) is 0 Å². The molecule has 7 heteroatoms. The van der Waals surface area contributed by atoms with E-state index in [1.165, 1.54) is 6.20 Å². The lowest BCUT2D eigenvalue weighted by atomic mass is 10.4. The zero-order valence-corrected chi connectivity index (χ0v) is 12.4. The zero-order chi connectivity index (χ0) is 14.2. The summed E-state index contributed by atoms with van der Waals surface area (Å²) in [6.07, 6.45) is 7.66. The summed E-state index contributed by atoms with van der Waals surface area (Å²) >= 11 is 0. The average molecular weight is 298 g/mol. The SMILES string of the molecule is NCCn1cc(S(=O)(=O)N(CC2CC2)CC2CC2)cn1. The monoisotopic (exact) mass is 298 g/mol. The summed E-state index contributed by atoms with van der Waals surface area (Å²) in [6.45, 7) is 2.33. The van der Waals surface area contributed by atoms with Crippen LogP contribution < -0.4 is 5.73 Å². The van der Waals surface area contributed by atoms with E-state index in [2.05, 4.69) is 5.10 Å². The van der Waals surface area contributed by atoms with Gasteiger partial charge in [0, 0.05) is 25.8 Å². The van der Waals surface area contributed by atoms with Gasteiger partial charge in [0.2, 0.25) is 10.0 Å². The van der Waals surface area contributed by atoms with Gasteiger partial charge in [0.15, 0.2) is 0 Å². The van der Waals surface area contributed by atoms with E-state index in [4.69, 9.17) is 5.73 Å². The van der Waals surface area contributed by atoms with Crippen molar-refractivity contribution in [1.82, 2.24) is 14.1 Å². The number of sulfonamides is 1. The molecule has 0 radical (unpaired) electrons. The molecule has 2 aliphatic rings. The summed E-state index contributed by atoms with van der Waals surface area (Å²) in [5.41, 5.74) is 5.47. The molecule has 0 spiro atoms. The summed E-state index contributed by atoms with van der Waals surface area (Å²) in [7, 11) is -3.40. The standard InChI is InChI=1S/C13H22N4O2S/c14-5-6-16-10-13(7-15-16)20(18,19)17(8-11-1-2-11)9-12-3-4-12/h7,10-12H,1-6,8-9,14H2. The fourth-order valence-electron chi connectivity index (χ4n) is 2.33. The van der Waals surface area contributed by atoms with E-state index in [0.717, 1.165) is 25.7 Å². The third-order valence-corrected chi connectivity index (χ3v) is 5.71. The van der Waals surface area contributed by atoms with Gasteiger partial charge in [-0.1, -0.05) is 0 Å². The molecule has 2 fully saturated rings. The Labute approximate surface area is 120 Å². The van der Waals surface area contributed by atoms with Gasteiger partial charge in [-0.05, 0) is 37.5 Å². The summed E-state index contributed by atoms with van der Waals surface area (Å²) < 4.78 is 28.7. The first-order valence-electron chi connectivity index (χ1n) is 7.32. The van der Waals surface area contributed by atoms with Crippen molar-refractivity contribution in [3.05, 3.63) is 12.4 Å². The van der Waals surface area contributed by atoms with Gasteiger partial charge in [0.25, 0.3) is 0 Å². The minimum Gasteiger partial charge on any atom is -0.329 e. The van der Waals surface area contributed by atoms with Crippen LogP contribution in [0.4, 0.5) is 0 Å². The van der Waals surface area contributed by atoms with Gasteiger partial charge in [0.1, 0.15) is 4.90 Å². The largest absolute Gasteiger partial charge is 0.329 e. The lowest BCUT2D eigenvalue weighted by Crippen LogP contribution is -2.34. The normalized spacial score (nSPS) is 19.7. The summed E-state index contributed by atoms with van der Waals surface area (Å²) in [5.74, 6) is 1.12. The fourth-order valence-corrected chi connectivity index (χ4v) is 3.88. The number of aromatic nitrogens is 2. The molecular weight excluding hydrogens is 276 g/mol. The average Bonchev–Trinajstić information content (AvgIpc) is 3.32. The van der Waals surface area contributed by atoms with Crippen molar-refractivity contribution in [2.24, 2.45) is 17.6 Å². The maximum atomic E-state index is 12.7. The number of hydrogen-bond donors (Lipinski definition) is 1. The minimum absolute atomic E-state index is 0.298. The molecule has 0 amide bonds. The molecule has 1 aromatic rings. The molecule has 6 nitrogen and oxygen atoms in total. The van der Waals surface area contributed by atoms with Crippen LogP contribution in [0.3, 0.4) is 0 Å². The molecule has 1 heterocycles. The van der Waals surface area contributed by atoms with Crippen molar-refractivity contribution in [2.45, 2.75) is 37.1 Å². The molecule has 3 rings (SSSR count). The minimum atomic E-state index is -3.40. The smallest absolute Gasteiger partial charge is 0.246 e. The lowest BCUT2D eigenvalue weighted by Gasteiger charge is -2.21. The molecule has 20 heavy (non-hydrogen) atoms. The van der Waals surface area contributed by atoms with Crippen LogP contribution in [0.25, 0.3) is 0 Å². The molecule has 2 aliphatic carbocycles. The Balaban J connectivity index is 1.77. The van der Waals surface area contributed by atoms with Gasteiger partial charge in [-0.2, -0.15) is 9.40 Å². The van der Waals surface area contributed by atoms with E-state index in [-0.39, 0.29) is 0 Å². The summed E-state index contributed by atoms with van der Waals surface area (Å²) in [4.78, 5) is 0.298. The van der Waals surface area contributed by atoms with Gasteiger partial charge in [-0.15, -0.1) is 0 Å². The molecule has 112 valence electrons. The highest BCUT2D eigenvalue weighted by Crippen LogP contribution is 2.35. The molecule has 0 aliphatic heterocycles. The summed E-state index contributed by atoms with van der Waals surface area (Å²) in [6, 6.07) is 0. The Morgan fingerprint density at radius 3 is 2.35 bits per heavy atom. The van der Waals surface area contributed by atoms with Crippen LogP contribution in [-0.2, 0) is 16.6 Å². The van der Waals surface area contributed by atoms with E-state index in [1.807, 2.05) is 0 Å². The molecule has 1 aromatic heterocycles. The van der Waals surface area contributed by atoms with Crippen molar-refractivity contribution in [1.29, 1.82) is 0 Å². The second-order valence-corrected chi connectivity index (χ2v) is 7.87. The van der Waals surface area contributed by atoms with E-state index in [1.54, 1.807) is 15.2 Å². The number of nitrogens with two attached hydrogens (primary N) is 1. The van der Waals surface area contributed by atoms with Gasteiger partial charge in [-0.25, -0.2) is 8.42 Å². The van der Waals surface area contributed by atoms with E-state index in [0.29, 0.717) is 42.9 Å². The Kier molecular flexibility index (Phi) is 3.83. The molecule has 0 bridgehead atoms. The van der Waals surface area contributed by atoms with Gasteiger partial charge in [-0.3, -0.25) is 4.68 Å². The predicted molar refractivity (Wildman–Crippen MR) is 75.5 cm³/mol. The maximum Gasteiger partial charge on any atom is 0.246 e. The molecule has 2 saturated carbocycles. The maximum absolute atomic E-state index is 12.7. The first kappa shape index (κ1) is 14.0. The molecule has 0 unspecified atom stereocenters. The fraction of sp³-hybridized carbons (Fsp3) is 0.769. The topological polar surface area (TPSA) is 81.2 Å². The Morgan fingerprint density at radius 2 is 1.85 bits per heavy atom. The third kappa shape index (κ3) is 3.21. The predicted octanol–water partition coefficient (Wildman–Crippen LogP) is 0.652. The van der Waals surface area contributed by atoms with E-state index < -0.39 is 10.0 Å². The first-order chi connectivity index (χ1) is 9.59. The Morgan fingerprint density at radius 1 is 1.25 bits per heavy atom. The van der Waals surface area contributed by atoms with Gasteiger partial charge >= 0.3 is 0 Å². The third-order valence-electron chi connectivity index (χ3n) is 3.92. The van der Waals surface area contributed by atoms with Crippen LogP contribution in [0.15, 0.2) is 17.3 Å². The van der Waals surface area contributed by atoms with Gasteiger partial charge < -0.3 is 5.73 Å². The molecule has 0 atom stereocenters. The highest BCUT2D eigenvalue weighted by atomic mass is 32.2. The second kappa shape index (κ2) is 5.46. The molecular formula is C13H22N4O2S. The van der Waals surface area contributed by atoms with Crippen LogP contribution in [0.5, 0.6) is 0 Å². The van der Waals surface area contributed by atoms with Crippen molar-refractivity contribution >= 4 is 10.0 Å². The van der Waals surface area contributed by atoms with Gasteiger partial charge in [0.05, 0.1) is 12.7 Å². The number of rotatable bonds is 8. The van der Waals surface area contributed by atoms with Crippen LogP contribution >= 0.6 is 0 Å². The van der Waals surface area contributed by atoms with Crippen molar-refractivity contribution in [3.8, 4) is 0 Å². The second-order valence-electron chi connectivity index (χ2n) is 5.94. The van der Waals surface area contributed by atoms with Crippen LogP contribution in [-0.4, -0.2) is 42.1 Å². The van der Waals surface area contributed by atoms with E-state index in [9.17, 15) is 8.42 Å². The number of nitrogens with zero attached hydrogens (tertiary/aromatic N) is 3.